The number of nitrogens with one attached hydrogen (secondary N) is 2. The molecule has 0 aliphatic heterocycles. The number of amides is 1. The zero-order valence-corrected chi connectivity index (χ0v) is 16.8. The molecule has 2 rings (SSSR count). The molecule has 0 fully saturated rings. The van der Waals surface area contributed by atoms with Crippen molar-refractivity contribution in [2.45, 2.75) is 38.1 Å². The summed E-state index contributed by atoms with van der Waals surface area (Å²) in [6, 6.07) is 8.95. The number of benzene rings is 2. The second kappa shape index (κ2) is 7.58. The molecule has 146 valence electrons. The van der Waals surface area contributed by atoms with Crippen LogP contribution in [0.5, 0.6) is 11.5 Å². The van der Waals surface area contributed by atoms with Gasteiger partial charge in [-0.15, -0.1) is 0 Å². The van der Waals surface area contributed by atoms with Crippen LogP contribution >= 0.6 is 0 Å². The highest BCUT2D eigenvalue weighted by molar-refractivity contribution is 7.89. The molecule has 0 spiro atoms. The molecule has 0 bridgehead atoms. The molecule has 2 aromatic carbocycles. The van der Waals surface area contributed by atoms with Crippen molar-refractivity contribution in [2.75, 3.05) is 12.4 Å². The van der Waals surface area contributed by atoms with E-state index in [9.17, 15) is 18.3 Å². The van der Waals surface area contributed by atoms with E-state index in [2.05, 4.69) is 10.0 Å². The molecule has 3 N–H and O–H groups in total. The second-order valence-corrected chi connectivity index (χ2v) is 8.85. The van der Waals surface area contributed by atoms with Crippen LogP contribution in [0.4, 0.5) is 5.69 Å². The maximum Gasteiger partial charge on any atom is 0.255 e. The Morgan fingerprint density at radius 3 is 2.33 bits per heavy atom. The van der Waals surface area contributed by atoms with Gasteiger partial charge in [-0.25, -0.2) is 13.1 Å². The predicted octanol–water partition coefficient (Wildman–Crippen LogP) is 3.04. The highest BCUT2D eigenvalue weighted by atomic mass is 32.2. The van der Waals surface area contributed by atoms with Crippen molar-refractivity contribution in [1.29, 1.82) is 0 Å². The number of aromatic hydroxyl groups is 1. The van der Waals surface area contributed by atoms with Crippen LogP contribution in [0.25, 0.3) is 0 Å². The van der Waals surface area contributed by atoms with Crippen molar-refractivity contribution in [3.63, 3.8) is 0 Å². The third kappa shape index (κ3) is 5.21. The van der Waals surface area contributed by atoms with Crippen LogP contribution < -0.4 is 14.8 Å². The molecule has 0 atom stereocenters. The number of ether oxygens (including phenoxy) is 1. The van der Waals surface area contributed by atoms with Crippen LogP contribution in [-0.4, -0.2) is 32.1 Å². The Kier molecular flexibility index (Phi) is 5.82. The molecule has 0 aliphatic rings. The summed E-state index contributed by atoms with van der Waals surface area (Å²) in [5, 5.41) is 12.5. The molecular weight excluding hydrogens is 368 g/mol. The minimum atomic E-state index is -3.91. The number of anilines is 1. The number of sulfonamides is 1. The van der Waals surface area contributed by atoms with E-state index in [-0.39, 0.29) is 27.6 Å². The van der Waals surface area contributed by atoms with Gasteiger partial charge < -0.3 is 15.2 Å². The van der Waals surface area contributed by atoms with Crippen LogP contribution in [-0.2, 0) is 10.0 Å². The van der Waals surface area contributed by atoms with Gasteiger partial charge in [0.2, 0.25) is 10.0 Å². The first-order valence-corrected chi connectivity index (χ1v) is 9.74. The molecule has 1 amide bonds. The van der Waals surface area contributed by atoms with Gasteiger partial charge in [0.15, 0.2) is 0 Å². The van der Waals surface area contributed by atoms with Gasteiger partial charge in [-0.3, -0.25) is 4.79 Å². The Bertz CT molecular complexity index is 963. The molecule has 8 heteroatoms. The highest BCUT2D eigenvalue weighted by Gasteiger charge is 2.26. The standard InChI is InChI=1S/C19H24N2O5S/c1-12-6-8-14(15(22)10-12)20-18(23)13-7-9-16(26-5)17(11-13)27(24,25)21-19(2,3)4/h6-11,21-22H,1-5H3,(H,20,23). The van der Waals surface area contributed by atoms with E-state index in [1.807, 2.05) is 6.92 Å². The number of carbonyl (C=O) groups is 1. The van der Waals surface area contributed by atoms with E-state index in [0.29, 0.717) is 0 Å². The Hall–Kier alpha value is -2.58. The molecule has 0 unspecified atom stereocenters. The van der Waals surface area contributed by atoms with Crippen molar-refractivity contribution >= 4 is 21.6 Å². The SMILES string of the molecule is COc1ccc(C(=O)Nc2ccc(C)cc2O)cc1S(=O)(=O)NC(C)(C)C. The van der Waals surface area contributed by atoms with Crippen LogP contribution in [0, 0.1) is 6.92 Å². The lowest BCUT2D eigenvalue weighted by atomic mass is 10.1. The zero-order valence-electron chi connectivity index (χ0n) is 16.0. The molecule has 0 aliphatic carbocycles. The third-order valence-electron chi connectivity index (χ3n) is 3.56. The van der Waals surface area contributed by atoms with Crippen molar-refractivity contribution in [2.24, 2.45) is 0 Å². The van der Waals surface area contributed by atoms with Gasteiger partial charge in [-0.05, 0) is 63.6 Å². The molecule has 0 saturated carbocycles. The number of hydrogen-bond donors (Lipinski definition) is 3. The summed E-state index contributed by atoms with van der Waals surface area (Å²) >= 11 is 0. The van der Waals surface area contributed by atoms with Crippen molar-refractivity contribution in [3.05, 3.63) is 47.5 Å². The fourth-order valence-electron chi connectivity index (χ4n) is 2.43. The van der Waals surface area contributed by atoms with Gasteiger partial charge in [0, 0.05) is 11.1 Å². The number of carbonyl (C=O) groups excluding carboxylic acids is 1. The van der Waals surface area contributed by atoms with E-state index < -0.39 is 21.5 Å². The molecule has 7 nitrogen and oxygen atoms in total. The molecule has 0 aromatic heterocycles. The second-order valence-electron chi connectivity index (χ2n) is 7.20. The lowest BCUT2D eigenvalue weighted by Gasteiger charge is -2.21. The summed E-state index contributed by atoms with van der Waals surface area (Å²) in [5.74, 6) is -0.496. The number of rotatable bonds is 5. The van der Waals surface area contributed by atoms with Crippen LogP contribution in [0.15, 0.2) is 41.3 Å². The molecule has 2 aromatic rings. The van der Waals surface area contributed by atoms with Crippen LogP contribution in [0.2, 0.25) is 0 Å². The fourth-order valence-corrected chi connectivity index (χ4v) is 4.04. The monoisotopic (exact) mass is 392 g/mol. The Balaban J connectivity index is 2.40. The van der Waals surface area contributed by atoms with Crippen LogP contribution in [0.1, 0.15) is 36.7 Å². The topological polar surface area (TPSA) is 105 Å². The highest BCUT2D eigenvalue weighted by Crippen LogP contribution is 2.28. The molecular formula is C19H24N2O5S. The van der Waals surface area contributed by atoms with Gasteiger partial charge in [-0.1, -0.05) is 6.07 Å². The number of hydrogen-bond acceptors (Lipinski definition) is 5. The van der Waals surface area contributed by atoms with E-state index in [4.69, 9.17) is 4.74 Å². The first-order chi connectivity index (χ1) is 12.4. The summed E-state index contributed by atoms with van der Waals surface area (Å²) in [6.07, 6.45) is 0. The van der Waals surface area contributed by atoms with Crippen molar-refractivity contribution in [1.82, 2.24) is 4.72 Å². The smallest absolute Gasteiger partial charge is 0.255 e. The molecule has 0 heterocycles. The summed E-state index contributed by atoms with van der Waals surface area (Å²) < 4.78 is 33.1. The van der Waals surface area contributed by atoms with Crippen molar-refractivity contribution < 1.29 is 23.1 Å². The number of phenolic OH excluding ortho intramolecular Hbond substituents is 1. The van der Waals surface area contributed by atoms with Gasteiger partial charge in [-0.2, -0.15) is 0 Å². The van der Waals surface area contributed by atoms with Gasteiger partial charge in [0.25, 0.3) is 5.91 Å². The number of aryl methyl sites for hydroxylation is 1. The van der Waals surface area contributed by atoms with E-state index >= 15 is 0 Å². The lowest BCUT2D eigenvalue weighted by molar-refractivity contribution is 0.102. The Morgan fingerprint density at radius 1 is 1.11 bits per heavy atom. The fraction of sp³-hybridized carbons (Fsp3) is 0.316. The maximum absolute atomic E-state index is 12.7. The average Bonchev–Trinajstić information content (AvgIpc) is 2.54. The van der Waals surface area contributed by atoms with E-state index in [1.165, 1.54) is 31.4 Å². The maximum atomic E-state index is 12.7. The largest absolute Gasteiger partial charge is 0.506 e. The Morgan fingerprint density at radius 2 is 1.78 bits per heavy atom. The third-order valence-corrected chi connectivity index (χ3v) is 5.34. The summed E-state index contributed by atoms with van der Waals surface area (Å²) in [7, 11) is -2.55. The number of phenols is 1. The van der Waals surface area contributed by atoms with Crippen molar-refractivity contribution in [3.8, 4) is 11.5 Å². The quantitative estimate of drug-likeness (QED) is 0.679. The average molecular weight is 392 g/mol. The molecule has 0 saturated heterocycles. The van der Waals surface area contributed by atoms with E-state index in [0.717, 1.165) is 5.56 Å². The molecule has 0 radical (unpaired) electrons. The summed E-state index contributed by atoms with van der Waals surface area (Å²) in [5.41, 5.74) is 0.496. The normalized spacial score (nSPS) is 11.9. The van der Waals surface area contributed by atoms with Crippen LogP contribution in [0.3, 0.4) is 0 Å². The first-order valence-electron chi connectivity index (χ1n) is 8.26. The summed E-state index contributed by atoms with van der Waals surface area (Å²) in [4.78, 5) is 12.4. The summed E-state index contributed by atoms with van der Waals surface area (Å²) in [6.45, 7) is 6.96. The molecule has 27 heavy (non-hydrogen) atoms. The van der Waals surface area contributed by atoms with E-state index in [1.54, 1.807) is 32.9 Å². The van der Waals surface area contributed by atoms with Gasteiger partial charge in [0.05, 0.1) is 12.8 Å². The number of methoxy groups -OCH3 is 1. The first kappa shape index (κ1) is 20.7. The minimum Gasteiger partial charge on any atom is -0.506 e. The van der Waals surface area contributed by atoms with Gasteiger partial charge in [0.1, 0.15) is 16.4 Å². The lowest BCUT2D eigenvalue weighted by Crippen LogP contribution is -2.40. The predicted molar refractivity (Wildman–Crippen MR) is 104 cm³/mol. The zero-order chi connectivity index (χ0) is 20.4. The van der Waals surface area contributed by atoms with Gasteiger partial charge >= 0.3 is 0 Å². The Labute approximate surface area is 159 Å². The minimum absolute atomic E-state index is 0.0703.